The molecule has 0 fully saturated rings. The average molecular weight is 516 g/mol. The SMILES string of the molecule is CCCCCCCCCCCCCCCCCCCCCCN(CC)CCCCCCCCC.Cl. The van der Waals surface area contributed by atoms with Gasteiger partial charge in [0.2, 0.25) is 0 Å². The Morgan fingerprint density at radius 1 is 0.286 bits per heavy atom. The number of nitrogens with zero attached hydrogens (tertiary/aromatic N) is 1. The molecule has 2 heteroatoms. The van der Waals surface area contributed by atoms with Crippen LogP contribution in [0.2, 0.25) is 0 Å². The van der Waals surface area contributed by atoms with Crippen LogP contribution in [0, 0.1) is 0 Å². The van der Waals surface area contributed by atoms with Gasteiger partial charge in [-0.05, 0) is 32.5 Å². The van der Waals surface area contributed by atoms with Crippen LogP contribution in [0.3, 0.4) is 0 Å². The van der Waals surface area contributed by atoms with E-state index in [4.69, 9.17) is 0 Å². The number of rotatable bonds is 30. The Morgan fingerprint density at radius 3 is 0.686 bits per heavy atom. The van der Waals surface area contributed by atoms with E-state index in [1.165, 1.54) is 193 Å². The maximum absolute atomic E-state index is 2.70. The molecule has 0 spiro atoms. The summed E-state index contributed by atoms with van der Waals surface area (Å²) in [7, 11) is 0. The average Bonchev–Trinajstić information content (AvgIpc) is 2.85. The van der Waals surface area contributed by atoms with Gasteiger partial charge in [0.1, 0.15) is 0 Å². The topological polar surface area (TPSA) is 3.24 Å². The van der Waals surface area contributed by atoms with Crippen molar-refractivity contribution in [1.29, 1.82) is 0 Å². The van der Waals surface area contributed by atoms with Crippen molar-refractivity contribution in [3.63, 3.8) is 0 Å². The number of hydrogen-bond acceptors (Lipinski definition) is 1. The van der Waals surface area contributed by atoms with Gasteiger partial charge in [0.05, 0.1) is 0 Å². The highest BCUT2D eigenvalue weighted by molar-refractivity contribution is 5.85. The van der Waals surface area contributed by atoms with Gasteiger partial charge in [0, 0.05) is 0 Å². The predicted octanol–water partition coefficient (Wildman–Crippen LogP) is 12.3. The minimum atomic E-state index is 0. The van der Waals surface area contributed by atoms with Crippen LogP contribution in [0.4, 0.5) is 0 Å². The van der Waals surface area contributed by atoms with Crippen molar-refractivity contribution in [1.82, 2.24) is 4.90 Å². The maximum Gasteiger partial charge on any atom is -0.00189 e. The Morgan fingerprint density at radius 2 is 0.486 bits per heavy atom. The zero-order valence-corrected chi connectivity index (χ0v) is 25.9. The fourth-order valence-corrected chi connectivity index (χ4v) is 5.31. The Bertz CT molecular complexity index is 346. The summed E-state index contributed by atoms with van der Waals surface area (Å²) < 4.78 is 0. The molecule has 0 aliphatic rings. The van der Waals surface area contributed by atoms with Crippen LogP contribution in [0.5, 0.6) is 0 Å². The molecule has 0 unspecified atom stereocenters. The summed E-state index contributed by atoms with van der Waals surface area (Å²) >= 11 is 0. The Kier molecular flexibility index (Phi) is 36.6. The predicted molar refractivity (Wildman–Crippen MR) is 165 cm³/mol. The lowest BCUT2D eigenvalue weighted by molar-refractivity contribution is 0.273. The second-order valence-corrected chi connectivity index (χ2v) is 11.3. The van der Waals surface area contributed by atoms with Crippen molar-refractivity contribution in [3.05, 3.63) is 0 Å². The summed E-state index contributed by atoms with van der Waals surface area (Å²) in [4.78, 5) is 2.70. The molecule has 1 nitrogen and oxygen atoms in total. The quantitative estimate of drug-likeness (QED) is 0.0859. The molecule has 0 aliphatic carbocycles. The summed E-state index contributed by atoms with van der Waals surface area (Å²) in [6, 6.07) is 0. The summed E-state index contributed by atoms with van der Waals surface area (Å²) in [5, 5.41) is 0. The van der Waals surface area contributed by atoms with Crippen LogP contribution in [0.25, 0.3) is 0 Å². The van der Waals surface area contributed by atoms with Crippen molar-refractivity contribution in [2.24, 2.45) is 0 Å². The van der Waals surface area contributed by atoms with Gasteiger partial charge in [-0.3, -0.25) is 0 Å². The molecule has 0 heterocycles. The Balaban J connectivity index is 0. The molecule has 0 aromatic heterocycles. The lowest BCUT2D eigenvalue weighted by Crippen LogP contribution is -2.25. The van der Waals surface area contributed by atoms with Gasteiger partial charge in [-0.1, -0.05) is 181 Å². The summed E-state index contributed by atoms with van der Waals surface area (Å²) in [5.41, 5.74) is 0. The van der Waals surface area contributed by atoms with E-state index in [0.717, 1.165) is 0 Å². The molecule has 0 aliphatic heterocycles. The van der Waals surface area contributed by atoms with E-state index >= 15 is 0 Å². The van der Waals surface area contributed by atoms with E-state index in [0.29, 0.717) is 0 Å². The van der Waals surface area contributed by atoms with E-state index in [1.54, 1.807) is 0 Å². The van der Waals surface area contributed by atoms with Crippen LogP contribution in [-0.4, -0.2) is 24.5 Å². The molecule has 0 bridgehead atoms. The molecule has 0 atom stereocenters. The molecule has 214 valence electrons. The van der Waals surface area contributed by atoms with E-state index < -0.39 is 0 Å². The van der Waals surface area contributed by atoms with Crippen molar-refractivity contribution < 1.29 is 0 Å². The van der Waals surface area contributed by atoms with Gasteiger partial charge in [-0.2, -0.15) is 0 Å². The van der Waals surface area contributed by atoms with Crippen LogP contribution < -0.4 is 0 Å². The number of unbranched alkanes of at least 4 members (excludes halogenated alkanes) is 25. The van der Waals surface area contributed by atoms with Crippen molar-refractivity contribution in [2.75, 3.05) is 19.6 Å². The molecule has 0 rings (SSSR count). The standard InChI is InChI=1S/C33H69N.ClH/c1-4-7-9-11-13-14-15-16-17-18-19-20-21-22-23-24-25-27-29-31-33-34(6-3)32-30-28-26-12-10-8-5-2;/h4-33H2,1-3H3;1H. The zero-order valence-electron chi connectivity index (χ0n) is 25.1. The monoisotopic (exact) mass is 516 g/mol. The van der Waals surface area contributed by atoms with Gasteiger partial charge < -0.3 is 4.90 Å². The van der Waals surface area contributed by atoms with Gasteiger partial charge >= 0.3 is 0 Å². The van der Waals surface area contributed by atoms with Crippen LogP contribution in [0.15, 0.2) is 0 Å². The summed E-state index contributed by atoms with van der Waals surface area (Å²) in [5.74, 6) is 0. The molecule has 0 saturated carbocycles. The molecule has 0 aromatic carbocycles. The number of hydrogen-bond donors (Lipinski definition) is 0. The molecule has 0 amide bonds. The van der Waals surface area contributed by atoms with Gasteiger partial charge in [0.15, 0.2) is 0 Å². The first-order valence-corrected chi connectivity index (χ1v) is 16.6. The zero-order chi connectivity index (χ0) is 24.8. The van der Waals surface area contributed by atoms with Gasteiger partial charge in [-0.25, -0.2) is 0 Å². The van der Waals surface area contributed by atoms with E-state index in [-0.39, 0.29) is 12.4 Å². The van der Waals surface area contributed by atoms with Crippen molar-refractivity contribution >= 4 is 12.4 Å². The largest absolute Gasteiger partial charge is 0.304 e. The lowest BCUT2D eigenvalue weighted by atomic mass is 10.0. The van der Waals surface area contributed by atoms with Crippen LogP contribution in [-0.2, 0) is 0 Å². The van der Waals surface area contributed by atoms with Crippen LogP contribution in [0.1, 0.15) is 194 Å². The smallest absolute Gasteiger partial charge is 0.00189 e. The van der Waals surface area contributed by atoms with E-state index in [2.05, 4.69) is 25.7 Å². The molecule has 35 heavy (non-hydrogen) atoms. The van der Waals surface area contributed by atoms with Crippen molar-refractivity contribution in [3.8, 4) is 0 Å². The highest BCUT2D eigenvalue weighted by atomic mass is 35.5. The fraction of sp³-hybridized carbons (Fsp3) is 1.00. The maximum atomic E-state index is 2.70. The van der Waals surface area contributed by atoms with Crippen LogP contribution >= 0.6 is 12.4 Å². The Hall–Kier alpha value is 0.250. The normalized spacial score (nSPS) is 11.3. The number of halogens is 1. The molecule has 0 aromatic rings. The van der Waals surface area contributed by atoms with Crippen molar-refractivity contribution in [2.45, 2.75) is 194 Å². The minimum Gasteiger partial charge on any atom is -0.304 e. The molecule has 0 radical (unpaired) electrons. The fourth-order valence-electron chi connectivity index (χ4n) is 5.31. The third-order valence-electron chi connectivity index (χ3n) is 7.85. The van der Waals surface area contributed by atoms with E-state index in [1.807, 2.05) is 0 Å². The van der Waals surface area contributed by atoms with Gasteiger partial charge in [0.25, 0.3) is 0 Å². The second-order valence-electron chi connectivity index (χ2n) is 11.3. The van der Waals surface area contributed by atoms with Gasteiger partial charge in [-0.15, -0.1) is 12.4 Å². The first kappa shape index (κ1) is 37.4. The third-order valence-corrected chi connectivity index (χ3v) is 7.85. The Labute approximate surface area is 230 Å². The minimum absolute atomic E-state index is 0. The summed E-state index contributed by atoms with van der Waals surface area (Å²) in [6.07, 6.45) is 39.4. The molecular weight excluding hydrogens is 446 g/mol. The highest BCUT2D eigenvalue weighted by Gasteiger charge is 2.02. The molecular formula is C33H70ClN. The second kappa shape index (κ2) is 34.2. The first-order chi connectivity index (χ1) is 16.8. The molecule has 0 N–H and O–H groups in total. The molecule has 0 saturated heterocycles. The highest BCUT2D eigenvalue weighted by Crippen LogP contribution is 2.15. The lowest BCUT2D eigenvalue weighted by Gasteiger charge is -2.20. The summed E-state index contributed by atoms with van der Waals surface area (Å²) in [6.45, 7) is 10.9. The third kappa shape index (κ3) is 32.2. The first-order valence-electron chi connectivity index (χ1n) is 16.6. The van der Waals surface area contributed by atoms with E-state index in [9.17, 15) is 0 Å².